The average molecular weight is 295 g/mol. The van der Waals surface area contributed by atoms with Gasteiger partial charge in [0.15, 0.2) is 0 Å². The van der Waals surface area contributed by atoms with Crippen LogP contribution in [0.2, 0.25) is 0 Å². The fourth-order valence-corrected chi connectivity index (χ4v) is 3.71. The first-order chi connectivity index (χ1) is 9.50. The van der Waals surface area contributed by atoms with E-state index in [1.54, 1.807) is 23.3 Å². The Hall–Kier alpha value is -1.36. The fourth-order valence-electron chi connectivity index (χ4n) is 2.89. The topological polar surface area (TPSA) is 57.6 Å². The van der Waals surface area contributed by atoms with E-state index >= 15 is 0 Å². The first-order valence-electron chi connectivity index (χ1n) is 7.02. The zero-order chi connectivity index (χ0) is 14.7. The minimum Gasteiger partial charge on any atom is -0.481 e. The van der Waals surface area contributed by atoms with Gasteiger partial charge in [-0.1, -0.05) is 12.5 Å². The molecular formula is C15H21NO3S. The highest BCUT2D eigenvalue weighted by molar-refractivity contribution is 7.09. The van der Waals surface area contributed by atoms with Gasteiger partial charge in [-0.3, -0.25) is 9.59 Å². The normalized spacial score (nSPS) is 23.5. The molecule has 1 saturated carbocycles. The second-order valence-corrected chi connectivity index (χ2v) is 6.60. The van der Waals surface area contributed by atoms with Gasteiger partial charge in [0.1, 0.15) is 0 Å². The van der Waals surface area contributed by atoms with Crippen molar-refractivity contribution in [2.45, 2.75) is 38.6 Å². The van der Waals surface area contributed by atoms with E-state index in [1.807, 2.05) is 18.4 Å². The predicted octanol–water partition coefficient (Wildman–Crippen LogP) is 2.64. The molecule has 0 radical (unpaired) electrons. The number of carboxylic acids is 1. The summed E-state index contributed by atoms with van der Waals surface area (Å²) >= 11 is 1.69. The number of likely N-dealkylation sites (N-methyl/N-ethyl adjacent to an activating group) is 1. The highest BCUT2D eigenvalue weighted by Crippen LogP contribution is 2.33. The van der Waals surface area contributed by atoms with E-state index < -0.39 is 11.9 Å². The second-order valence-electron chi connectivity index (χ2n) is 5.56. The first-order valence-corrected chi connectivity index (χ1v) is 7.90. The summed E-state index contributed by atoms with van der Waals surface area (Å²) in [5.74, 6) is -1.69. The summed E-state index contributed by atoms with van der Waals surface area (Å²) in [6.45, 7) is 2.02. The number of carbonyl (C=O) groups is 2. The standard InChI is InChI=1S/C15H21NO3S/c1-10(9-11-5-4-8-20-11)16(2)14(17)12-6-3-7-13(12)15(18)19/h4-5,8,10,12-13H,3,6-7,9H2,1-2H3,(H,18,19)/t10?,12-,13+/m1/s1. The minimum atomic E-state index is -0.833. The van der Waals surface area contributed by atoms with Crippen molar-refractivity contribution in [3.63, 3.8) is 0 Å². The number of rotatable bonds is 5. The second kappa shape index (κ2) is 6.39. The molecule has 5 heteroatoms. The van der Waals surface area contributed by atoms with E-state index in [2.05, 4.69) is 6.07 Å². The van der Waals surface area contributed by atoms with Gasteiger partial charge in [-0.05, 0) is 31.2 Å². The summed E-state index contributed by atoms with van der Waals surface area (Å²) in [5, 5.41) is 11.2. The van der Waals surface area contributed by atoms with Crippen molar-refractivity contribution in [3.05, 3.63) is 22.4 Å². The molecule has 0 saturated heterocycles. The maximum Gasteiger partial charge on any atom is 0.307 e. The van der Waals surface area contributed by atoms with Gasteiger partial charge in [0.2, 0.25) is 5.91 Å². The van der Waals surface area contributed by atoms with Crippen LogP contribution in [0.25, 0.3) is 0 Å². The highest BCUT2D eigenvalue weighted by atomic mass is 32.1. The van der Waals surface area contributed by atoms with Gasteiger partial charge in [-0.25, -0.2) is 0 Å². The summed E-state index contributed by atoms with van der Waals surface area (Å²) < 4.78 is 0. The number of hydrogen-bond donors (Lipinski definition) is 1. The zero-order valence-corrected chi connectivity index (χ0v) is 12.7. The van der Waals surface area contributed by atoms with Crippen LogP contribution in [0.4, 0.5) is 0 Å². The maximum absolute atomic E-state index is 12.5. The molecule has 1 fully saturated rings. The molecular weight excluding hydrogens is 274 g/mol. The third-order valence-electron chi connectivity index (χ3n) is 4.24. The van der Waals surface area contributed by atoms with E-state index in [9.17, 15) is 14.7 Å². The van der Waals surface area contributed by atoms with Crippen molar-refractivity contribution >= 4 is 23.2 Å². The third kappa shape index (κ3) is 3.20. The first kappa shape index (κ1) is 15.0. The van der Waals surface area contributed by atoms with Crippen molar-refractivity contribution in [1.29, 1.82) is 0 Å². The molecule has 110 valence electrons. The van der Waals surface area contributed by atoms with Crippen molar-refractivity contribution in [1.82, 2.24) is 4.90 Å². The Morgan fingerprint density at radius 1 is 1.45 bits per heavy atom. The monoisotopic (exact) mass is 295 g/mol. The lowest BCUT2D eigenvalue weighted by Crippen LogP contribution is -2.42. The van der Waals surface area contributed by atoms with E-state index in [0.29, 0.717) is 12.8 Å². The Bertz CT molecular complexity index is 471. The molecule has 1 aromatic heterocycles. The summed E-state index contributed by atoms with van der Waals surface area (Å²) in [4.78, 5) is 26.7. The smallest absolute Gasteiger partial charge is 0.307 e. The summed E-state index contributed by atoms with van der Waals surface area (Å²) in [7, 11) is 1.79. The maximum atomic E-state index is 12.5. The lowest BCUT2D eigenvalue weighted by Gasteiger charge is -2.28. The molecule has 3 atom stereocenters. The van der Waals surface area contributed by atoms with Gasteiger partial charge in [0, 0.05) is 24.4 Å². The quantitative estimate of drug-likeness (QED) is 0.908. The highest BCUT2D eigenvalue weighted by Gasteiger charge is 2.39. The predicted molar refractivity (Wildman–Crippen MR) is 78.7 cm³/mol. The van der Waals surface area contributed by atoms with Gasteiger partial charge in [0.25, 0.3) is 0 Å². The van der Waals surface area contributed by atoms with E-state index in [1.165, 1.54) is 4.88 Å². The Morgan fingerprint density at radius 2 is 2.15 bits per heavy atom. The molecule has 1 N–H and O–H groups in total. The van der Waals surface area contributed by atoms with Crippen molar-refractivity contribution in [2.24, 2.45) is 11.8 Å². The van der Waals surface area contributed by atoms with Crippen LogP contribution in [0.15, 0.2) is 17.5 Å². The van der Waals surface area contributed by atoms with Crippen LogP contribution in [0.1, 0.15) is 31.1 Å². The number of carboxylic acid groups (broad SMARTS) is 1. The Kier molecular flexibility index (Phi) is 4.81. The number of hydrogen-bond acceptors (Lipinski definition) is 3. The average Bonchev–Trinajstić information content (AvgIpc) is 3.07. The molecule has 1 unspecified atom stereocenters. The number of carbonyl (C=O) groups excluding carboxylic acids is 1. The van der Waals surface area contributed by atoms with E-state index in [4.69, 9.17) is 0 Å². The Balaban J connectivity index is 1.99. The van der Waals surface area contributed by atoms with E-state index in [-0.39, 0.29) is 17.9 Å². The number of thiophene rings is 1. The molecule has 1 aliphatic rings. The Morgan fingerprint density at radius 3 is 2.75 bits per heavy atom. The molecule has 0 aliphatic heterocycles. The molecule has 0 aromatic carbocycles. The summed E-state index contributed by atoms with van der Waals surface area (Å²) in [5.41, 5.74) is 0. The lowest BCUT2D eigenvalue weighted by atomic mass is 9.94. The number of aliphatic carboxylic acids is 1. The molecule has 2 rings (SSSR count). The SMILES string of the molecule is CC(Cc1cccs1)N(C)C(=O)[C@@H]1CCC[C@@H]1C(=O)O. The lowest BCUT2D eigenvalue weighted by molar-refractivity contribution is -0.149. The van der Waals surface area contributed by atoms with Crippen LogP contribution in [-0.2, 0) is 16.0 Å². The van der Waals surface area contributed by atoms with Crippen molar-refractivity contribution < 1.29 is 14.7 Å². The third-order valence-corrected chi connectivity index (χ3v) is 5.13. The van der Waals surface area contributed by atoms with Gasteiger partial charge in [-0.15, -0.1) is 11.3 Å². The van der Waals surface area contributed by atoms with Crippen LogP contribution < -0.4 is 0 Å². The van der Waals surface area contributed by atoms with Crippen molar-refractivity contribution in [3.8, 4) is 0 Å². The van der Waals surface area contributed by atoms with Gasteiger partial charge < -0.3 is 10.0 Å². The molecule has 4 nitrogen and oxygen atoms in total. The van der Waals surface area contributed by atoms with Gasteiger partial charge in [0.05, 0.1) is 11.8 Å². The molecule has 0 bridgehead atoms. The van der Waals surface area contributed by atoms with Crippen molar-refractivity contribution in [2.75, 3.05) is 7.05 Å². The van der Waals surface area contributed by atoms with Crippen LogP contribution in [0, 0.1) is 11.8 Å². The fraction of sp³-hybridized carbons (Fsp3) is 0.600. The largest absolute Gasteiger partial charge is 0.481 e. The van der Waals surface area contributed by atoms with Crippen LogP contribution in [0.5, 0.6) is 0 Å². The molecule has 1 aromatic rings. The molecule has 1 aliphatic carbocycles. The molecule has 0 spiro atoms. The van der Waals surface area contributed by atoms with Crippen LogP contribution in [0.3, 0.4) is 0 Å². The van der Waals surface area contributed by atoms with Crippen LogP contribution in [-0.4, -0.2) is 35.0 Å². The summed E-state index contributed by atoms with van der Waals surface area (Å²) in [6.07, 6.45) is 2.98. The van der Waals surface area contributed by atoms with E-state index in [0.717, 1.165) is 12.8 Å². The number of nitrogens with zero attached hydrogens (tertiary/aromatic N) is 1. The van der Waals surface area contributed by atoms with Crippen LogP contribution >= 0.6 is 11.3 Å². The van der Waals surface area contributed by atoms with Gasteiger partial charge in [-0.2, -0.15) is 0 Å². The summed E-state index contributed by atoms with van der Waals surface area (Å²) in [6, 6.07) is 4.16. The molecule has 1 amide bonds. The molecule has 20 heavy (non-hydrogen) atoms. The van der Waals surface area contributed by atoms with Gasteiger partial charge >= 0.3 is 5.97 Å². The number of amides is 1. The Labute approximate surface area is 123 Å². The zero-order valence-electron chi connectivity index (χ0n) is 11.9. The molecule has 1 heterocycles. The minimum absolute atomic E-state index is 0.0149.